The molecule has 3 heterocycles. The van der Waals surface area contributed by atoms with Gasteiger partial charge in [0.15, 0.2) is 0 Å². The summed E-state index contributed by atoms with van der Waals surface area (Å²) in [4.78, 5) is 28.0. The molecule has 3 aliphatic rings. The molecule has 27 heavy (non-hydrogen) atoms. The number of aromatic nitrogens is 2. The lowest BCUT2D eigenvalue weighted by atomic mass is 9.87. The van der Waals surface area contributed by atoms with Crippen molar-refractivity contribution >= 4 is 11.8 Å². The number of likely N-dealkylation sites (tertiary alicyclic amines) is 1. The predicted molar refractivity (Wildman–Crippen MR) is 102 cm³/mol. The van der Waals surface area contributed by atoms with Gasteiger partial charge in [-0.05, 0) is 51.3 Å². The number of nitrogens with zero attached hydrogens (tertiary/aromatic N) is 3. The van der Waals surface area contributed by atoms with Crippen LogP contribution in [0.4, 0.5) is 0 Å². The minimum atomic E-state index is -0.616. The third kappa shape index (κ3) is 3.74. The van der Waals surface area contributed by atoms with E-state index < -0.39 is 5.54 Å². The fraction of sp³-hybridized carbons (Fsp3) is 0.750. The quantitative estimate of drug-likeness (QED) is 0.833. The van der Waals surface area contributed by atoms with Crippen molar-refractivity contribution < 1.29 is 9.59 Å². The fourth-order valence-electron chi connectivity index (χ4n) is 4.93. The van der Waals surface area contributed by atoms with Crippen LogP contribution in [0.25, 0.3) is 0 Å². The van der Waals surface area contributed by atoms with Crippen LogP contribution in [0.15, 0.2) is 18.5 Å². The molecule has 1 aromatic heterocycles. The molecule has 2 amide bonds. The number of hydrogen-bond acceptors (Lipinski definition) is 4. The molecule has 2 aliphatic heterocycles. The van der Waals surface area contributed by atoms with E-state index in [0.717, 1.165) is 51.7 Å². The zero-order chi connectivity index (χ0) is 18.7. The van der Waals surface area contributed by atoms with Gasteiger partial charge in [0.2, 0.25) is 11.8 Å². The summed E-state index contributed by atoms with van der Waals surface area (Å²) in [6.45, 7) is 3.03. The molecule has 1 aromatic rings. The van der Waals surface area contributed by atoms with Crippen LogP contribution < -0.4 is 10.6 Å². The van der Waals surface area contributed by atoms with Gasteiger partial charge in [-0.25, -0.2) is 0 Å². The Morgan fingerprint density at radius 3 is 2.59 bits per heavy atom. The Labute approximate surface area is 160 Å². The number of carbonyl (C=O) groups excluding carboxylic acids is 2. The average molecular weight is 374 g/mol. The van der Waals surface area contributed by atoms with Crippen molar-refractivity contribution in [1.29, 1.82) is 0 Å². The van der Waals surface area contributed by atoms with Gasteiger partial charge in [-0.15, -0.1) is 0 Å². The molecule has 0 radical (unpaired) electrons. The van der Waals surface area contributed by atoms with Crippen molar-refractivity contribution in [3.05, 3.63) is 18.5 Å². The van der Waals surface area contributed by atoms with Crippen LogP contribution in [0.3, 0.4) is 0 Å². The highest BCUT2D eigenvalue weighted by molar-refractivity contribution is 5.85. The van der Waals surface area contributed by atoms with E-state index >= 15 is 0 Å². The van der Waals surface area contributed by atoms with Gasteiger partial charge >= 0.3 is 0 Å². The van der Waals surface area contributed by atoms with Crippen LogP contribution in [0, 0.1) is 5.92 Å². The standard InChI is InChI=1S/C20H31N5O2/c26-18(16-5-2-1-3-6-16)24-14-7-17(15-24)23-19(27)20(8-11-21-12-9-20)25-13-4-10-22-25/h4,10,13,16-17,21H,1-3,5-9,11-12,14-15H2,(H,23,27). The smallest absolute Gasteiger partial charge is 0.248 e. The first-order valence-corrected chi connectivity index (χ1v) is 10.5. The molecule has 1 aliphatic carbocycles. The normalized spacial score (nSPS) is 26.1. The summed E-state index contributed by atoms with van der Waals surface area (Å²) >= 11 is 0. The van der Waals surface area contributed by atoms with Crippen molar-refractivity contribution in [3.63, 3.8) is 0 Å². The third-order valence-electron chi connectivity index (χ3n) is 6.59. The van der Waals surface area contributed by atoms with Crippen molar-refractivity contribution in [2.24, 2.45) is 5.92 Å². The molecule has 0 bridgehead atoms. The van der Waals surface area contributed by atoms with E-state index in [1.54, 1.807) is 6.20 Å². The molecule has 0 spiro atoms. The minimum absolute atomic E-state index is 0.0460. The van der Waals surface area contributed by atoms with Gasteiger partial charge in [0.05, 0.1) is 0 Å². The summed E-state index contributed by atoms with van der Waals surface area (Å²) in [7, 11) is 0. The first-order chi connectivity index (χ1) is 13.2. The fourth-order valence-corrected chi connectivity index (χ4v) is 4.93. The highest BCUT2D eigenvalue weighted by Gasteiger charge is 2.43. The third-order valence-corrected chi connectivity index (χ3v) is 6.59. The molecule has 7 nitrogen and oxygen atoms in total. The van der Waals surface area contributed by atoms with Crippen LogP contribution in [0.2, 0.25) is 0 Å². The van der Waals surface area contributed by atoms with Gasteiger partial charge in [0, 0.05) is 37.4 Å². The molecule has 2 saturated heterocycles. The minimum Gasteiger partial charge on any atom is -0.349 e. The second-order valence-corrected chi connectivity index (χ2v) is 8.31. The molecule has 1 atom stereocenters. The van der Waals surface area contributed by atoms with E-state index in [4.69, 9.17) is 0 Å². The van der Waals surface area contributed by atoms with Gasteiger partial charge in [0.25, 0.3) is 0 Å². The molecule has 1 unspecified atom stereocenters. The topological polar surface area (TPSA) is 79.3 Å². The van der Waals surface area contributed by atoms with E-state index in [1.165, 1.54) is 19.3 Å². The number of carbonyl (C=O) groups is 2. The number of rotatable bonds is 4. The van der Waals surface area contributed by atoms with E-state index in [-0.39, 0.29) is 17.9 Å². The van der Waals surface area contributed by atoms with Gasteiger partial charge in [0.1, 0.15) is 5.54 Å². The van der Waals surface area contributed by atoms with E-state index in [2.05, 4.69) is 15.7 Å². The maximum absolute atomic E-state index is 13.2. The zero-order valence-corrected chi connectivity index (χ0v) is 16.0. The zero-order valence-electron chi connectivity index (χ0n) is 16.0. The molecule has 3 fully saturated rings. The highest BCUT2D eigenvalue weighted by atomic mass is 16.2. The largest absolute Gasteiger partial charge is 0.349 e. The first kappa shape index (κ1) is 18.5. The number of nitrogens with one attached hydrogen (secondary N) is 2. The molecule has 7 heteroatoms. The van der Waals surface area contributed by atoms with Crippen LogP contribution in [0.5, 0.6) is 0 Å². The monoisotopic (exact) mass is 373 g/mol. The summed E-state index contributed by atoms with van der Waals surface area (Å²) in [5, 5.41) is 11.0. The maximum Gasteiger partial charge on any atom is 0.248 e. The molecule has 148 valence electrons. The summed E-state index contributed by atoms with van der Waals surface area (Å²) in [6, 6.07) is 1.92. The lowest BCUT2D eigenvalue weighted by molar-refractivity contribution is -0.136. The van der Waals surface area contributed by atoms with Gasteiger partial charge in [-0.3, -0.25) is 14.3 Å². The van der Waals surface area contributed by atoms with Gasteiger partial charge in [-0.2, -0.15) is 5.10 Å². The second-order valence-electron chi connectivity index (χ2n) is 8.31. The molecule has 2 N–H and O–H groups in total. The maximum atomic E-state index is 13.2. The predicted octanol–water partition coefficient (Wildman–Crippen LogP) is 1.26. The number of piperidine rings is 1. The van der Waals surface area contributed by atoms with Gasteiger partial charge < -0.3 is 15.5 Å². The van der Waals surface area contributed by atoms with E-state index in [0.29, 0.717) is 12.5 Å². The van der Waals surface area contributed by atoms with Crippen molar-refractivity contribution in [2.75, 3.05) is 26.2 Å². The summed E-state index contributed by atoms with van der Waals surface area (Å²) < 4.78 is 1.82. The highest BCUT2D eigenvalue weighted by Crippen LogP contribution is 2.29. The van der Waals surface area contributed by atoms with Crippen LogP contribution in [0.1, 0.15) is 51.4 Å². The van der Waals surface area contributed by atoms with Crippen molar-refractivity contribution in [1.82, 2.24) is 25.3 Å². The van der Waals surface area contributed by atoms with Crippen molar-refractivity contribution in [3.8, 4) is 0 Å². The molecular formula is C20H31N5O2. The van der Waals surface area contributed by atoms with Crippen LogP contribution in [-0.2, 0) is 15.1 Å². The Hall–Kier alpha value is -1.89. The lowest BCUT2D eigenvalue weighted by Crippen LogP contribution is -2.56. The molecule has 0 aromatic carbocycles. The Balaban J connectivity index is 1.38. The number of hydrogen-bond donors (Lipinski definition) is 2. The Morgan fingerprint density at radius 1 is 1.11 bits per heavy atom. The Kier molecular flexibility index (Phi) is 5.48. The second kappa shape index (κ2) is 8.00. The van der Waals surface area contributed by atoms with E-state index in [1.807, 2.05) is 21.8 Å². The summed E-state index contributed by atoms with van der Waals surface area (Å²) in [5.74, 6) is 0.549. The molecule has 4 rings (SSSR count). The average Bonchev–Trinajstić information content (AvgIpc) is 3.41. The lowest BCUT2D eigenvalue weighted by Gasteiger charge is -2.37. The summed E-state index contributed by atoms with van der Waals surface area (Å²) in [5.41, 5.74) is -0.616. The Bertz CT molecular complexity index is 647. The van der Waals surface area contributed by atoms with Crippen LogP contribution >= 0.6 is 0 Å². The first-order valence-electron chi connectivity index (χ1n) is 10.5. The number of amides is 2. The molecule has 1 saturated carbocycles. The van der Waals surface area contributed by atoms with Crippen molar-refractivity contribution in [2.45, 2.75) is 62.9 Å². The van der Waals surface area contributed by atoms with Crippen LogP contribution in [-0.4, -0.2) is 58.7 Å². The Morgan fingerprint density at radius 2 is 1.89 bits per heavy atom. The van der Waals surface area contributed by atoms with E-state index in [9.17, 15) is 9.59 Å². The molecular weight excluding hydrogens is 342 g/mol. The van der Waals surface area contributed by atoms with Gasteiger partial charge in [-0.1, -0.05) is 19.3 Å². The SMILES string of the molecule is O=C(C1CCCCC1)N1CCC(NC(=O)C2(n3cccn3)CCNCC2)C1. The summed E-state index contributed by atoms with van der Waals surface area (Å²) in [6.07, 6.45) is 11.6.